The SMILES string of the molecule is CCCCCCCCCCCCCC(=O)N(C)OC(C)=O.[H-].[Na+]. The number of amides is 1. The molecule has 22 heavy (non-hydrogen) atoms. The Morgan fingerprint density at radius 1 is 0.864 bits per heavy atom. The molecule has 4 nitrogen and oxygen atoms in total. The number of carbonyl (C=O) groups is 2. The molecule has 5 heteroatoms. The van der Waals surface area contributed by atoms with Crippen LogP contribution < -0.4 is 29.6 Å². The molecule has 0 bridgehead atoms. The Labute approximate surface area is 160 Å². The maximum atomic E-state index is 11.6. The minimum atomic E-state index is -0.454. The Bertz CT molecular complexity index is 291. The summed E-state index contributed by atoms with van der Waals surface area (Å²) in [5, 5.41) is 1.04. The van der Waals surface area contributed by atoms with Crippen LogP contribution >= 0.6 is 0 Å². The second kappa shape index (κ2) is 17.3. The largest absolute Gasteiger partial charge is 1.00 e. The summed E-state index contributed by atoms with van der Waals surface area (Å²) in [5.74, 6) is -0.578. The Kier molecular flexibility index (Phi) is 19.0. The molecule has 0 unspecified atom stereocenters. The van der Waals surface area contributed by atoms with Gasteiger partial charge < -0.3 is 6.26 Å². The third kappa shape index (κ3) is 16.3. The first-order chi connectivity index (χ1) is 10.1. The van der Waals surface area contributed by atoms with Gasteiger partial charge in [-0.05, 0) is 6.42 Å². The first kappa shape index (κ1) is 24.2. The van der Waals surface area contributed by atoms with Crippen molar-refractivity contribution in [2.75, 3.05) is 7.05 Å². The predicted octanol–water partition coefficient (Wildman–Crippen LogP) is 1.74. The van der Waals surface area contributed by atoms with Gasteiger partial charge in [-0.1, -0.05) is 71.1 Å². The van der Waals surface area contributed by atoms with E-state index in [1.807, 2.05) is 0 Å². The first-order valence-corrected chi connectivity index (χ1v) is 8.53. The number of unbranched alkanes of at least 4 members (excludes halogenated alkanes) is 10. The van der Waals surface area contributed by atoms with Gasteiger partial charge >= 0.3 is 35.5 Å². The number of hydroxylamine groups is 2. The van der Waals surface area contributed by atoms with Gasteiger partial charge in [0, 0.05) is 20.4 Å². The molecular formula is C17H34NNaO3. The van der Waals surface area contributed by atoms with Crippen LogP contribution in [0.25, 0.3) is 0 Å². The molecule has 0 aliphatic heterocycles. The molecule has 0 aliphatic carbocycles. The van der Waals surface area contributed by atoms with E-state index in [2.05, 4.69) is 6.92 Å². The third-order valence-electron chi connectivity index (χ3n) is 3.61. The van der Waals surface area contributed by atoms with Crippen molar-refractivity contribution in [3.63, 3.8) is 0 Å². The molecule has 0 saturated carbocycles. The van der Waals surface area contributed by atoms with Crippen LogP contribution in [0.15, 0.2) is 0 Å². The fourth-order valence-corrected chi connectivity index (χ4v) is 2.34. The second-order valence-corrected chi connectivity index (χ2v) is 5.76. The topological polar surface area (TPSA) is 46.6 Å². The first-order valence-electron chi connectivity index (χ1n) is 8.53. The van der Waals surface area contributed by atoms with E-state index in [0.717, 1.165) is 17.9 Å². The number of carbonyl (C=O) groups excluding carboxylic acids is 2. The fraction of sp³-hybridized carbons (Fsp3) is 0.882. The van der Waals surface area contributed by atoms with Crippen molar-refractivity contribution in [2.24, 2.45) is 0 Å². The molecule has 0 saturated heterocycles. The van der Waals surface area contributed by atoms with Gasteiger partial charge in [0.2, 0.25) is 0 Å². The van der Waals surface area contributed by atoms with Gasteiger partial charge in [0.05, 0.1) is 0 Å². The van der Waals surface area contributed by atoms with Crippen molar-refractivity contribution in [3.8, 4) is 0 Å². The maximum absolute atomic E-state index is 11.6. The molecule has 0 fully saturated rings. The van der Waals surface area contributed by atoms with Crippen LogP contribution in [-0.4, -0.2) is 24.0 Å². The average Bonchev–Trinajstić information content (AvgIpc) is 2.43. The Hall–Kier alpha value is -0.0600. The predicted molar refractivity (Wildman–Crippen MR) is 86.7 cm³/mol. The summed E-state index contributed by atoms with van der Waals surface area (Å²) in [4.78, 5) is 27.0. The third-order valence-corrected chi connectivity index (χ3v) is 3.61. The quantitative estimate of drug-likeness (QED) is 0.312. The van der Waals surface area contributed by atoms with E-state index in [9.17, 15) is 9.59 Å². The van der Waals surface area contributed by atoms with Crippen molar-refractivity contribution in [2.45, 2.75) is 90.9 Å². The van der Waals surface area contributed by atoms with Gasteiger partial charge in [-0.15, -0.1) is 0 Å². The Morgan fingerprint density at radius 2 is 1.27 bits per heavy atom. The summed E-state index contributed by atoms with van der Waals surface area (Å²) in [6.45, 7) is 3.54. The Balaban J connectivity index is -0.00000200. The number of hydrogen-bond donors (Lipinski definition) is 0. The van der Waals surface area contributed by atoms with E-state index in [0.29, 0.717) is 6.42 Å². The van der Waals surface area contributed by atoms with E-state index in [1.165, 1.54) is 71.8 Å². The summed E-state index contributed by atoms with van der Waals surface area (Å²) in [6.07, 6.45) is 14.3. The zero-order valence-corrected chi connectivity index (χ0v) is 17.2. The van der Waals surface area contributed by atoms with Crippen LogP contribution in [0.1, 0.15) is 92.3 Å². The average molecular weight is 323 g/mol. The van der Waals surface area contributed by atoms with Crippen LogP contribution in [0.3, 0.4) is 0 Å². The van der Waals surface area contributed by atoms with E-state index in [1.54, 1.807) is 0 Å². The van der Waals surface area contributed by atoms with Gasteiger partial charge in [0.1, 0.15) is 0 Å². The molecule has 0 aromatic carbocycles. The summed E-state index contributed by atoms with van der Waals surface area (Å²) in [5.41, 5.74) is 0. The Morgan fingerprint density at radius 3 is 1.68 bits per heavy atom. The van der Waals surface area contributed by atoms with Gasteiger partial charge in [-0.25, -0.2) is 0 Å². The zero-order chi connectivity index (χ0) is 15.9. The van der Waals surface area contributed by atoms with Crippen LogP contribution in [0.5, 0.6) is 0 Å². The molecule has 126 valence electrons. The van der Waals surface area contributed by atoms with Crippen molar-refractivity contribution < 1.29 is 45.4 Å². The summed E-state index contributed by atoms with van der Waals surface area (Å²) in [6, 6.07) is 0. The standard InChI is InChI=1S/C17H33NO3.Na.H/c1-4-5-6-7-8-9-10-11-12-13-14-15-17(20)18(3)21-16(2)19;;/h4-15H2,1-3H3;;/q;+1;-1. The smallest absolute Gasteiger partial charge is 1.00 e. The molecule has 0 aromatic heterocycles. The summed E-state index contributed by atoms with van der Waals surface area (Å²) < 4.78 is 0. The van der Waals surface area contributed by atoms with Gasteiger partial charge in [0.25, 0.3) is 5.91 Å². The molecule has 0 N–H and O–H groups in total. The minimum absolute atomic E-state index is 0. The number of rotatable bonds is 12. The van der Waals surface area contributed by atoms with Crippen molar-refractivity contribution in [1.82, 2.24) is 5.06 Å². The van der Waals surface area contributed by atoms with Crippen LogP contribution in [0.4, 0.5) is 0 Å². The molecule has 0 rings (SSSR count). The molecule has 0 heterocycles. The number of hydrogen-bond acceptors (Lipinski definition) is 3. The number of nitrogens with zero attached hydrogens (tertiary/aromatic N) is 1. The maximum Gasteiger partial charge on any atom is 1.00 e. The van der Waals surface area contributed by atoms with Gasteiger partial charge in [-0.3, -0.25) is 9.59 Å². The minimum Gasteiger partial charge on any atom is -1.00 e. The normalized spacial score (nSPS) is 9.95. The summed E-state index contributed by atoms with van der Waals surface area (Å²) in [7, 11) is 1.49. The molecule has 1 amide bonds. The van der Waals surface area contributed by atoms with E-state index >= 15 is 0 Å². The van der Waals surface area contributed by atoms with Gasteiger partial charge in [0.15, 0.2) is 0 Å². The van der Waals surface area contributed by atoms with Crippen LogP contribution in [-0.2, 0) is 14.4 Å². The van der Waals surface area contributed by atoms with E-state index in [-0.39, 0.29) is 36.9 Å². The monoisotopic (exact) mass is 323 g/mol. The summed E-state index contributed by atoms with van der Waals surface area (Å²) >= 11 is 0. The van der Waals surface area contributed by atoms with E-state index in [4.69, 9.17) is 4.84 Å². The van der Waals surface area contributed by atoms with Crippen LogP contribution in [0.2, 0.25) is 0 Å². The molecule has 0 atom stereocenters. The van der Waals surface area contributed by atoms with Crippen molar-refractivity contribution in [1.29, 1.82) is 0 Å². The van der Waals surface area contributed by atoms with E-state index < -0.39 is 5.97 Å². The molecular weight excluding hydrogens is 289 g/mol. The molecule has 0 aromatic rings. The van der Waals surface area contributed by atoms with Crippen LogP contribution in [0, 0.1) is 0 Å². The van der Waals surface area contributed by atoms with Gasteiger partial charge in [-0.2, -0.15) is 5.06 Å². The zero-order valence-electron chi connectivity index (χ0n) is 16.2. The van der Waals surface area contributed by atoms with Crippen molar-refractivity contribution in [3.05, 3.63) is 0 Å². The molecule has 0 aliphatic rings. The van der Waals surface area contributed by atoms with Crippen molar-refractivity contribution >= 4 is 11.9 Å². The second-order valence-electron chi connectivity index (χ2n) is 5.76. The fourth-order valence-electron chi connectivity index (χ4n) is 2.34. The molecule has 0 spiro atoms. The molecule has 0 radical (unpaired) electrons.